The summed E-state index contributed by atoms with van der Waals surface area (Å²) < 4.78 is 5.18. The van der Waals surface area contributed by atoms with Crippen molar-refractivity contribution in [2.45, 2.75) is 13.0 Å². The highest BCUT2D eigenvalue weighted by Gasteiger charge is 2.11. The Balaban J connectivity index is 3.05. The minimum absolute atomic E-state index is 0.489. The van der Waals surface area contributed by atoms with E-state index in [-0.39, 0.29) is 0 Å². The molecule has 0 bridgehead atoms. The molecule has 3 nitrogen and oxygen atoms in total. The van der Waals surface area contributed by atoms with Crippen LogP contribution in [0.15, 0.2) is 12.1 Å². The summed E-state index contributed by atoms with van der Waals surface area (Å²) >= 11 is 6.03. The lowest BCUT2D eigenvalue weighted by atomic mass is 10.1. The molecule has 0 spiro atoms. The van der Waals surface area contributed by atoms with Crippen molar-refractivity contribution in [1.29, 1.82) is 0 Å². The van der Waals surface area contributed by atoms with E-state index in [2.05, 4.69) is 5.32 Å². The van der Waals surface area contributed by atoms with Gasteiger partial charge in [-0.1, -0.05) is 11.6 Å². The first-order chi connectivity index (χ1) is 7.10. The number of hydrogen-bond donors (Lipinski definition) is 2. The topological polar surface area (TPSA) is 41.5 Å². The number of halogens is 1. The maximum atomic E-state index is 9.78. The summed E-state index contributed by atoms with van der Waals surface area (Å²) in [6, 6.07) is 3.57. The molecule has 0 fully saturated rings. The van der Waals surface area contributed by atoms with Crippen molar-refractivity contribution < 1.29 is 9.84 Å². The average Bonchev–Trinajstić information content (AvgIpc) is 2.22. The molecule has 1 aromatic carbocycles. The van der Waals surface area contributed by atoms with Gasteiger partial charge in [-0.2, -0.15) is 0 Å². The fraction of sp³-hybridized carbons (Fsp3) is 0.455. The van der Waals surface area contributed by atoms with Crippen molar-refractivity contribution in [3.63, 3.8) is 0 Å². The van der Waals surface area contributed by atoms with E-state index >= 15 is 0 Å². The molecule has 1 aromatic rings. The van der Waals surface area contributed by atoms with Crippen molar-refractivity contribution in [3.05, 3.63) is 28.3 Å². The van der Waals surface area contributed by atoms with Crippen LogP contribution < -0.4 is 10.1 Å². The van der Waals surface area contributed by atoms with E-state index < -0.39 is 6.10 Å². The molecule has 0 aromatic heterocycles. The molecular weight excluding hydrogens is 214 g/mol. The molecule has 1 atom stereocenters. The van der Waals surface area contributed by atoms with Crippen LogP contribution in [0.5, 0.6) is 5.75 Å². The smallest absolute Gasteiger partial charge is 0.123 e. The Labute approximate surface area is 95.0 Å². The average molecular weight is 230 g/mol. The van der Waals surface area contributed by atoms with Crippen molar-refractivity contribution in [2.24, 2.45) is 0 Å². The minimum atomic E-state index is -0.568. The van der Waals surface area contributed by atoms with E-state index in [1.807, 2.05) is 13.0 Å². The highest BCUT2D eigenvalue weighted by molar-refractivity contribution is 6.31. The van der Waals surface area contributed by atoms with Gasteiger partial charge in [0.05, 0.1) is 13.2 Å². The number of hydrogen-bond acceptors (Lipinski definition) is 3. The van der Waals surface area contributed by atoms with Crippen LogP contribution in [0.4, 0.5) is 0 Å². The van der Waals surface area contributed by atoms with Crippen LogP contribution in [0.2, 0.25) is 5.02 Å². The zero-order valence-corrected chi connectivity index (χ0v) is 9.93. The Morgan fingerprint density at radius 2 is 2.20 bits per heavy atom. The lowest BCUT2D eigenvalue weighted by molar-refractivity contribution is 0.177. The van der Waals surface area contributed by atoms with Gasteiger partial charge in [-0.25, -0.2) is 0 Å². The maximum absolute atomic E-state index is 9.78. The highest BCUT2D eigenvalue weighted by atomic mass is 35.5. The van der Waals surface area contributed by atoms with Gasteiger partial charge in [-0.3, -0.25) is 0 Å². The van der Waals surface area contributed by atoms with Crippen LogP contribution in [-0.4, -0.2) is 25.8 Å². The van der Waals surface area contributed by atoms with Crippen LogP contribution in [0.25, 0.3) is 0 Å². The minimum Gasteiger partial charge on any atom is -0.496 e. The molecule has 0 amide bonds. The van der Waals surface area contributed by atoms with Crippen LogP contribution in [0, 0.1) is 6.92 Å². The molecule has 0 saturated carbocycles. The predicted octanol–water partition coefficient (Wildman–Crippen LogP) is 1.91. The predicted molar refractivity (Wildman–Crippen MR) is 61.6 cm³/mol. The molecule has 0 saturated heterocycles. The first-order valence-electron chi connectivity index (χ1n) is 4.76. The second-order valence-corrected chi connectivity index (χ2v) is 3.81. The summed E-state index contributed by atoms with van der Waals surface area (Å²) in [4.78, 5) is 0. The first kappa shape index (κ1) is 12.3. The third-order valence-electron chi connectivity index (χ3n) is 2.32. The van der Waals surface area contributed by atoms with Gasteiger partial charge in [0.15, 0.2) is 0 Å². The zero-order valence-electron chi connectivity index (χ0n) is 9.17. The van der Waals surface area contributed by atoms with Gasteiger partial charge >= 0.3 is 0 Å². The second kappa shape index (κ2) is 5.35. The molecule has 0 aliphatic rings. The molecule has 0 radical (unpaired) electrons. The summed E-state index contributed by atoms with van der Waals surface area (Å²) in [5, 5.41) is 13.3. The number of benzene rings is 1. The van der Waals surface area contributed by atoms with Gasteiger partial charge < -0.3 is 15.2 Å². The van der Waals surface area contributed by atoms with E-state index in [0.29, 0.717) is 17.3 Å². The van der Waals surface area contributed by atoms with Gasteiger partial charge in [0.2, 0.25) is 0 Å². The number of rotatable bonds is 4. The number of likely N-dealkylation sites (N-methyl/N-ethyl adjacent to an activating group) is 1. The maximum Gasteiger partial charge on any atom is 0.123 e. The van der Waals surface area contributed by atoms with Crippen molar-refractivity contribution >= 4 is 11.6 Å². The standard InChI is InChI=1S/C11H16ClNO2/c1-7-9(12)4-8(5-11(7)15-3)10(14)6-13-2/h4-5,10,13-14H,6H2,1-3H3. The summed E-state index contributed by atoms with van der Waals surface area (Å²) in [5.41, 5.74) is 1.65. The monoisotopic (exact) mass is 229 g/mol. The summed E-state index contributed by atoms with van der Waals surface area (Å²) in [7, 11) is 3.38. The van der Waals surface area contributed by atoms with Crippen LogP contribution in [0.1, 0.15) is 17.2 Å². The normalized spacial score (nSPS) is 12.6. The number of aliphatic hydroxyl groups excluding tert-OH is 1. The molecule has 1 unspecified atom stereocenters. The Bertz CT molecular complexity index is 342. The number of aliphatic hydroxyl groups is 1. The fourth-order valence-electron chi connectivity index (χ4n) is 1.39. The molecular formula is C11H16ClNO2. The summed E-state index contributed by atoms with van der Waals surface area (Å²) in [6.45, 7) is 2.37. The van der Waals surface area contributed by atoms with Gasteiger partial charge in [0.1, 0.15) is 5.75 Å². The van der Waals surface area contributed by atoms with Gasteiger partial charge in [-0.05, 0) is 31.7 Å². The third kappa shape index (κ3) is 2.84. The number of ether oxygens (including phenoxy) is 1. The molecule has 0 heterocycles. The van der Waals surface area contributed by atoms with Crippen LogP contribution in [0.3, 0.4) is 0 Å². The summed E-state index contributed by atoms with van der Waals surface area (Å²) in [5.74, 6) is 0.702. The van der Waals surface area contributed by atoms with E-state index in [9.17, 15) is 5.11 Å². The first-order valence-corrected chi connectivity index (χ1v) is 5.14. The molecule has 2 N–H and O–H groups in total. The number of nitrogens with one attached hydrogen (secondary N) is 1. The molecule has 84 valence electrons. The molecule has 0 aliphatic carbocycles. The fourth-order valence-corrected chi connectivity index (χ4v) is 1.61. The summed E-state index contributed by atoms with van der Waals surface area (Å²) in [6.07, 6.45) is -0.568. The van der Waals surface area contributed by atoms with Crippen molar-refractivity contribution in [3.8, 4) is 5.75 Å². The van der Waals surface area contributed by atoms with Gasteiger partial charge in [0, 0.05) is 17.1 Å². The van der Waals surface area contributed by atoms with Crippen LogP contribution >= 0.6 is 11.6 Å². The molecule has 15 heavy (non-hydrogen) atoms. The molecule has 1 rings (SSSR count). The largest absolute Gasteiger partial charge is 0.496 e. The quantitative estimate of drug-likeness (QED) is 0.829. The Morgan fingerprint density at radius 3 is 2.73 bits per heavy atom. The van der Waals surface area contributed by atoms with Gasteiger partial charge in [-0.15, -0.1) is 0 Å². The lowest BCUT2D eigenvalue weighted by Crippen LogP contribution is -2.16. The van der Waals surface area contributed by atoms with E-state index in [1.165, 1.54) is 0 Å². The van der Waals surface area contributed by atoms with E-state index in [1.54, 1.807) is 20.2 Å². The molecule has 4 heteroatoms. The van der Waals surface area contributed by atoms with Crippen LogP contribution in [-0.2, 0) is 0 Å². The lowest BCUT2D eigenvalue weighted by Gasteiger charge is -2.14. The Kier molecular flexibility index (Phi) is 4.39. The van der Waals surface area contributed by atoms with E-state index in [0.717, 1.165) is 11.1 Å². The van der Waals surface area contributed by atoms with Crippen molar-refractivity contribution in [2.75, 3.05) is 20.7 Å². The third-order valence-corrected chi connectivity index (χ3v) is 2.71. The zero-order chi connectivity index (χ0) is 11.4. The highest BCUT2D eigenvalue weighted by Crippen LogP contribution is 2.29. The Hall–Kier alpha value is -0.770. The van der Waals surface area contributed by atoms with Crippen molar-refractivity contribution in [1.82, 2.24) is 5.32 Å². The SMILES string of the molecule is CNCC(O)c1cc(Cl)c(C)c(OC)c1. The Morgan fingerprint density at radius 1 is 1.53 bits per heavy atom. The van der Waals surface area contributed by atoms with Gasteiger partial charge in [0.25, 0.3) is 0 Å². The number of methoxy groups -OCH3 is 1. The second-order valence-electron chi connectivity index (χ2n) is 3.40. The van der Waals surface area contributed by atoms with E-state index in [4.69, 9.17) is 16.3 Å². The molecule has 0 aliphatic heterocycles.